The van der Waals surface area contributed by atoms with Crippen LogP contribution < -0.4 is 0 Å². The molecule has 0 amide bonds. The maximum atomic E-state index is 11.1. The van der Waals surface area contributed by atoms with Gasteiger partial charge in [0.1, 0.15) is 0 Å². The number of aliphatic carboxylic acids is 1. The summed E-state index contributed by atoms with van der Waals surface area (Å²) in [6.07, 6.45) is 1.58. The molecule has 1 aromatic heterocycles. The SMILES string of the molecule is CC(C)(C(=O)O)c1cccc2cnoc12. The van der Waals surface area contributed by atoms with E-state index < -0.39 is 11.4 Å². The number of benzene rings is 1. The minimum absolute atomic E-state index is 0.546. The van der Waals surface area contributed by atoms with E-state index in [1.807, 2.05) is 6.07 Å². The van der Waals surface area contributed by atoms with E-state index in [-0.39, 0.29) is 0 Å². The van der Waals surface area contributed by atoms with Gasteiger partial charge < -0.3 is 9.63 Å². The fourth-order valence-electron chi connectivity index (χ4n) is 1.50. The molecule has 1 heterocycles. The van der Waals surface area contributed by atoms with Crippen LogP contribution in [0.25, 0.3) is 11.0 Å². The molecule has 15 heavy (non-hydrogen) atoms. The van der Waals surface area contributed by atoms with E-state index in [4.69, 9.17) is 9.63 Å². The lowest BCUT2D eigenvalue weighted by Gasteiger charge is -2.19. The van der Waals surface area contributed by atoms with Gasteiger partial charge in [0.05, 0.1) is 11.6 Å². The van der Waals surface area contributed by atoms with Crippen LogP contribution >= 0.6 is 0 Å². The van der Waals surface area contributed by atoms with Crippen LogP contribution in [0, 0.1) is 0 Å². The van der Waals surface area contributed by atoms with E-state index in [0.717, 1.165) is 5.39 Å². The fourth-order valence-corrected chi connectivity index (χ4v) is 1.50. The van der Waals surface area contributed by atoms with Crippen LogP contribution in [-0.4, -0.2) is 16.2 Å². The average molecular weight is 205 g/mol. The summed E-state index contributed by atoms with van der Waals surface area (Å²) in [5.41, 5.74) is 0.217. The molecule has 0 unspecified atom stereocenters. The predicted octanol–water partition coefficient (Wildman–Crippen LogP) is 2.19. The molecule has 0 radical (unpaired) electrons. The molecule has 1 aromatic carbocycles. The first-order chi connectivity index (χ1) is 7.03. The molecule has 0 fully saturated rings. The zero-order valence-electron chi connectivity index (χ0n) is 8.52. The Labute approximate surface area is 86.5 Å². The molecule has 0 atom stereocenters. The molecule has 0 bridgehead atoms. The number of hydrogen-bond donors (Lipinski definition) is 1. The van der Waals surface area contributed by atoms with Crippen molar-refractivity contribution in [1.29, 1.82) is 0 Å². The van der Waals surface area contributed by atoms with Gasteiger partial charge in [0.2, 0.25) is 0 Å². The van der Waals surface area contributed by atoms with E-state index in [1.165, 1.54) is 0 Å². The van der Waals surface area contributed by atoms with Gasteiger partial charge in [0.25, 0.3) is 0 Å². The average Bonchev–Trinajstić information content (AvgIpc) is 2.64. The number of carbonyl (C=O) groups is 1. The normalized spacial score (nSPS) is 11.9. The second-order valence-electron chi connectivity index (χ2n) is 3.98. The maximum Gasteiger partial charge on any atom is 0.313 e. The van der Waals surface area contributed by atoms with Crippen molar-refractivity contribution in [2.24, 2.45) is 0 Å². The first-order valence-electron chi connectivity index (χ1n) is 4.61. The van der Waals surface area contributed by atoms with Crippen LogP contribution in [0.2, 0.25) is 0 Å². The molecule has 0 saturated heterocycles. The molecule has 4 nitrogen and oxygen atoms in total. The van der Waals surface area contributed by atoms with Crippen molar-refractivity contribution in [2.45, 2.75) is 19.3 Å². The second-order valence-corrected chi connectivity index (χ2v) is 3.98. The fraction of sp³-hybridized carbons (Fsp3) is 0.273. The van der Waals surface area contributed by atoms with Crippen molar-refractivity contribution in [3.8, 4) is 0 Å². The summed E-state index contributed by atoms with van der Waals surface area (Å²) in [4.78, 5) is 11.1. The Morgan fingerprint density at radius 1 is 1.47 bits per heavy atom. The van der Waals surface area contributed by atoms with Gasteiger partial charge in [0, 0.05) is 10.9 Å². The Balaban J connectivity index is 2.71. The number of carboxylic acid groups (broad SMARTS) is 1. The lowest BCUT2D eigenvalue weighted by atomic mass is 9.84. The monoisotopic (exact) mass is 205 g/mol. The van der Waals surface area contributed by atoms with Crippen LogP contribution in [-0.2, 0) is 10.2 Å². The first kappa shape index (κ1) is 9.71. The summed E-state index contributed by atoms with van der Waals surface area (Å²) in [5, 5.41) is 13.6. The predicted molar refractivity (Wildman–Crippen MR) is 54.7 cm³/mol. The third-order valence-electron chi connectivity index (χ3n) is 2.59. The van der Waals surface area contributed by atoms with Crippen LogP contribution in [0.4, 0.5) is 0 Å². The Kier molecular flexibility index (Phi) is 2.00. The van der Waals surface area contributed by atoms with Crippen molar-refractivity contribution >= 4 is 16.9 Å². The summed E-state index contributed by atoms with van der Waals surface area (Å²) in [6, 6.07) is 5.40. The molecule has 0 aliphatic heterocycles. The topological polar surface area (TPSA) is 63.3 Å². The van der Waals surface area contributed by atoms with E-state index in [1.54, 1.807) is 32.2 Å². The molecule has 2 rings (SSSR count). The molecule has 0 spiro atoms. The molecule has 0 aliphatic rings. The molecular formula is C11H11NO3. The van der Waals surface area contributed by atoms with Crippen molar-refractivity contribution in [3.63, 3.8) is 0 Å². The standard InChI is InChI=1S/C11H11NO3/c1-11(2,10(13)14)8-5-3-4-7-6-12-15-9(7)8/h3-6H,1-2H3,(H,13,14). The van der Waals surface area contributed by atoms with Crippen LogP contribution in [0.15, 0.2) is 28.9 Å². The third kappa shape index (κ3) is 1.38. The van der Waals surface area contributed by atoms with E-state index in [2.05, 4.69) is 5.16 Å². The Morgan fingerprint density at radius 2 is 2.20 bits per heavy atom. The number of para-hydroxylation sites is 1. The van der Waals surface area contributed by atoms with Gasteiger partial charge in [-0.25, -0.2) is 0 Å². The lowest BCUT2D eigenvalue weighted by Crippen LogP contribution is -2.28. The Morgan fingerprint density at radius 3 is 2.87 bits per heavy atom. The Bertz CT molecular complexity index is 513. The zero-order valence-corrected chi connectivity index (χ0v) is 8.52. The summed E-state index contributed by atoms with van der Waals surface area (Å²) >= 11 is 0. The molecule has 1 N–H and O–H groups in total. The van der Waals surface area contributed by atoms with Gasteiger partial charge in [-0.05, 0) is 19.9 Å². The van der Waals surface area contributed by atoms with Crippen LogP contribution in [0.5, 0.6) is 0 Å². The third-order valence-corrected chi connectivity index (χ3v) is 2.59. The van der Waals surface area contributed by atoms with Crippen molar-refractivity contribution < 1.29 is 14.4 Å². The van der Waals surface area contributed by atoms with Gasteiger partial charge in [0.15, 0.2) is 5.58 Å². The highest BCUT2D eigenvalue weighted by atomic mass is 16.5. The van der Waals surface area contributed by atoms with Crippen LogP contribution in [0.1, 0.15) is 19.4 Å². The molecule has 78 valence electrons. The first-order valence-corrected chi connectivity index (χ1v) is 4.61. The largest absolute Gasteiger partial charge is 0.481 e. The molecule has 0 aliphatic carbocycles. The molecule has 4 heteroatoms. The number of carboxylic acids is 1. The highest BCUT2D eigenvalue weighted by molar-refractivity contribution is 5.88. The summed E-state index contributed by atoms with van der Waals surface area (Å²) < 4.78 is 5.07. The highest BCUT2D eigenvalue weighted by Crippen LogP contribution is 2.30. The number of hydrogen-bond acceptors (Lipinski definition) is 3. The van der Waals surface area contributed by atoms with Crippen LogP contribution in [0.3, 0.4) is 0 Å². The Hall–Kier alpha value is -1.84. The quantitative estimate of drug-likeness (QED) is 0.816. The van der Waals surface area contributed by atoms with Crippen molar-refractivity contribution in [2.75, 3.05) is 0 Å². The van der Waals surface area contributed by atoms with E-state index in [0.29, 0.717) is 11.1 Å². The van der Waals surface area contributed by atoms with E-state index in [9.17, 15) is 4.79 Å². The highest BCUT2D eigenvalue weighted by Gasteiger charge is 2.32. The van der Waals surface area contributed by atoms with Crippen molar-refractivity contribution in [3.05, 3.63) is 30.0 Å². The summed E-state index contributed by atoms with van der Waals surface area (Å²) in [6.45, 7) is 3.29. The summed E-state index contributed by atoms with van der Waals surface area (Å²) in [5.74, 6) is -0.883. The number of rotatable bonds is 2. The minimum Gasteiger partial charge on any atom is -0.481 e. The zero-order chi connectivity index (χ0) is 11.1. The van der Waals surface area contributed by atoms with Gasteiger partial charge in [-0.2, -0.15) is 0 Å². The van der Waals surface area contributed by atoms with Gasteiger partial charge in [-0.3, -0.25) is 4.79 Å². The van der Waals surface area contributed by atoms with E-state index >= 15 is 0 Å². The van der Waals surface area contributed by atoms with Gasteiger partial charge >= 0.3 is 5.97 Å². The number of aromatic nitrogens is 1. The van der Waals surface area contributed by atoms with Gasteiger partial charge in [-0.1, -0.05) is 17.3 Å². The molecular weight excluding hydrogens is 194 g/mol. The molecule has 0 saturated carbocycles. The molecule has 2 aromatic rings. The lowest BCUT2D eigenvalue weighted by molar-refractivity contribution is -0.142. The maximum absolute atomic E-state index is 11.1. The smallest absolute Gasteiger partial charge is 0.313 e. The second kappa shape index (κ2) is 3.08. The number of nitrogens with zero attached hydrogens (tertiary/aromatic N) is 1. The van der Waals surface area contributed by atoms with Crippen molar-refractivity contribution in [1.82, 2.24) is 5.16 Å². The minimum atomic E-state index is -0.973. The summed E-state index contributed by atoms with van der Waals surface area (Å²) in [7, 11) is 0. The van der Waals surface area contributed by atoms with Gasteiger partial charge in [-0.15, -0.1) is 0 Å². The number of fused-ring (bicyclic) bond motifs is 1.